The number of fused-ring (bicyclic) bond motifs is 1. The molecule has 0 spiro atoms. The van der Waals surface area contributed by atoms with Crippen LogP contribution in [0.4, 0.5) is 0 Å². The van der Waals surface area contributed by atoms with Gasteiger partial charge in [0.25, 0.3) is 5.56 Å². The molecule has 0 saturated carbocycles. The molecular formula is C16H16N4O. The van der Waals surface area contributed by atoms with Crippen molar-refractivity contribution >= 4 is 10.9 Å². The van der Waals surface area contributed by atoms with Crippen molar-refractivity contribution in [3.63, 3.8) is 0 Å². The first-order valence-electron chi connectivity index (χ1n) is 6.85. The molecule has 2 N–H and O–H groups in total. The van der Waals surface area contributed by atoms with Crippen LogP contribution in [-0.4, -0.2) is 15.0 Å². The van der Waals surface area contributed by atoms with E-state index in [-0.39, 0.29) is 11.6 Å². The maximum absolute atomic E-state index is 12.0. The zero-order valence-electron chi connectivity index (χ0n) is 11.7. The summed E-state index contributed by atoms with van der Waals surface area (Å²) >= 11 is 0. The minimum Gasteiger partial charge on any atom is -0.309 e. The first-order valence-corrected chi connectivity index (χ1v) is 6.85. The summed E-state index contributed by atoms with van der Waals surface area (Å²) in [7, 11) is 0. The fourth-order valence-electron chi connectivity index (χ4n) is 2.22. The van der Waals surface area contributed by atoms with Crippen molar-refractivity contribution in [3.05, 3.63) is 70.5 Å². The molecule has 106 valence electrons. The van der Waals surface area contributed by atoms with Crippen molar-refractivity contribution in [2.45, 2.75) is 19.5 Å². The molecule has 21 heavy (non-hydrogen) atoms. The fraction of sp³-hybridized carbons (Fsp3) is 0.188. The zero-order valence-corrected chi connectivity index (χ0v) is 11.7. The average molecular weight is 280 g/mol. The Morgan fingerprint density at radius 1 is 1.24 bits per heavy atom. The van der Waals surface area contributed by atoms with Gasteiger partial charge < -0.3 is 10.3 Å². The molecule has 1 aromatic carbocycles. The molecular weight excluding hydrogens is 264 g/mol. The van der Waals surface area contributed by atoms with Gasteiger partial charge in [-0.1, -0.05) is 18.2 Å². The molecule has 3 rings (SSSR count). The van der Waals surface area contributed by atoms with E-state index in [1.807, 2.05) is 36.5 Å². The number of para-hydroxylation sites is 1. The van der Waals surface area contributed by atoms with Crippen molar-refractivity contribution < 1.29 is 0 Å². The SMILES string of the molecule is C[C@H](NCc1nc2ccccc2c(=O)[nH]1)c1cccnc1. The summed E-state index contributed by atoms with van der Waals surface area (Å²) in [5.74, 6) is 0.634. The fourth-order valence-corrected chi connectivity index (χ4v) is 2.22. The number of hydrogen-bond acceptors (Lipinski definition) is 4. The quantitative estimate of drug-likeness (QED) is 0.768. The lowest BCUT2D eigenvalue weighted by atomic mass is 10.1. The largest absolute Gasteiger partial charge is 0.309 e. The number of H-pyrrole nitrogens is 1. The van der Waals surface area contributed by atoms with E-state index in [2.05, 4.69) is 27.2 Å². The Labute approximate surface area is 122 Å². The van der Waals surface area contributed by atoms with E-state index in [4.69, 9.17) is 0 Å². The van der Waals surface area contributed by atoms with Crippen LogP contribution < -0.4 is 10.9 Å². The smallest absolute Gasteiger partial charge is 0.258 e. The second-order valence-corrected chi connectivity index (χ2v) is 4.92. The minimum atomic E-state index is -0.105. The predicted octanol–water partition coefficient (Wildman–Crippen LogP) is 2.17. The maximum atomic E-state index is 12.0. The van der Waals surface area contributed by atoms with E-state index < -0.39 is 0 Å². The molecule has 0 fully saturated rings. The second kappa shape index (κ2) is 5.85. The first-order chi connectivity index (χ1) is 10.2. The molecule has 1 atom stereocenters. The van der Waals surface area contributed by atoms with Crippen molar-refractivity contribution in [3.8, 4) is 0 Å². The maximum Gasteiger partial charge on any atom is 0.258 e. The number of benzene rings is 1. The van der Waals surface area contributed by atoms with Gasteiger partial charge in [0.1, 0.15) is 5.82 Å². The van der Waals surface area contributed by atoms with Gasteiger partial charge in [-0.15, -0.1) is 0 Å². The van der Waals surface area contributed by atoms with Crippen molar-refractivity contribution in [1.29, 1.82) is 0 Å². The zero-order chi connectivity index (χ0) is 14.7. The summed E-state index contributed by atoms with van der Waals surface area (Å²) in [5, 5.41) is 3.95. The number of aromatic nitrogens is 3. The molecule has 0 saturated heterocycles. The molecule has 0 aliphatic carbocycles. The Morgan fingerprint density at radius 3 is 2.90 bits per heavy atom. The Morgan fingerprint density at radius 2 is 2.10 bits per heavy atom. The van der Waals surface area contributed by atoms with Gasteiger partial charge in [-0.2, -0.15) is 0 Å². The van der Waals surface area contributed by atoms with Gasteiger partial charge in [0.05, 0.1) is 17.4 Å². The average Bonchev–Trinajstić information content (AvgIpc) is 2.53. The van der Waals surface area contributed by atoms with Gasteiger partial charge in [0.2, 0.25) is 0 Å². The Hall–Kier alpha value is -2.53. The van der Waals surface area contributed by atoms with E-state index in [0.29, 0.717) is 23.3 Å². The standard InChI is InChI=1S/C16H16N4O/c1-11(12-5-4-8-17-9-12)18-10-15-19-14-7-3-2-6-13(14)16(21)20-15/h2-9,11,18H,10H2,1H3,(H,19,20,21)/t11-/m0/s1. The van der Waals surface area contributed by atoms with Gasteiger partial charge in [0.15, 0.2) is 0 Å². The van der Waals surface area contributed by atoms with E-state index in [0.717, 1.165) is 5.56 Å². The molecule has 0 radical (unpaired) electrons. The normalized spacial score (nSPS) is 12.4. The Kier molecular flexibility index (Phi) is 3.75. The summed E-state index contributed by atoms with van der Waals surface area (Å²) in [4.78, 5) is 23.4. The summed E-state index contributed by atoms with van der Waals surface area (Å²) in [6.45, 7) is 2.55. The number of hydrogen-bond donors (Lipinski definition) is 2. The number of aromatic amines is 1. The lowest BCUT2D eigenvalue weighted by molar-refractivity contribution is 0.558. The van der Waals surface area contributed by atoms with Gasteiger partial charge in [-0.05, 0) is 30.7 Å². The van der Waals surface area contributed by atoms with Crippen LogP contribution in [0.3, 0.4) is 0 Å². The summed E-state index contributed by atoms with van der Waals surface area (Å²) in [6.07, 6.45) is 3.58. The number of pyridine rings is 1. The molecule has 5 nitrogen and oxygen atoms in total. The topological polar surface area (TPSA) is 70.7 Å². The third kappa shape index (κ3) is 2.98. The molecule has 0 aliphatic heterocycles. The van der Waals surface area contributed by atoms with Crippen LogP contribution in [0.1, 0.15) is 24.4 Å². The second-order valence-electron chi connectivity index (χ2n) is 4.92. The monoisotopic (exact) mass is 280 g/mol. The molecule has 0 unspecified atom stereocenters. The summed E-state index contributed by atoms with van der Waals surface area (Å²) < 4.78 is 0. The van der Waals surface area contributed by atoms with Gasteiger partial charge in [-0.3, -0.25) is 9.78 Å². The minimum absolute atomic E-state index is 0.105. The Balaban J connectivity index is 1.78. The highest BCUT2D eigenvalue weighted by atomic mass is 16.1. The van der Waals surface area contributed by atoms with Crippen LogP contribution in [-0.2, 0) is 6.54 Å². The van der Waals surface area contributed by atoms with Gasteiger partial charge in [-0.25, -0.2) is 4.98 Å². The van der Waals surface area contributed by atoms with Crippen LogP contribution in [0.5, 0.6) is 0 Å². The molecule has 5 heteroatoms. The molecule has 0 bridgehead atoms. The van der Waals surface area contributed by atoms with Crippen LogP contribution in [0, 0.1) is 0 Å². The molecule has 0 aliphatic rings. The van der Waals surface area contributed by atoms with E-state index in [1.165, 1.54) is 0 Å². The van der Waals surface area contributed by atoms with Gasteiger partial charge >= 0.3 is 0 Å². The van der Waals surface area contributed by atoms with Crippen LogP contribution >= 0.6 is 0 Å². The molecule has 3 aromatic rings. The number of nitrogens with one attached hydrogen (secondary N) is 2. The Bertz CT molecular complexity index is 798. The van der Waals surface area contributed by atoms with Gasteiger partial charge in [0, 0.05) is 18.4 Å². The van der Waals surface area contributed by atoms with Crippen molar-refractivity contribution in [2.24, 2.45) is 0 Å². The molecule has 2 aromatic heterocycles. The summed E-state index contributed by atoms with van der Waals surface area (Å²) in [5.41, 5.74) is 1.71. The third-order valence-corrected chi connectivity index (χ3v) is 3.42. The molecule has 2 heterocycles. The predicted molar refractivity (Wildman–Crippen MR) is 81.9 cm³/mol. The lowest BCUT2D eigenvalue weighted by Crippen LogP contribution is -2.22. The highest BCUT2D eigenvalue weighted by Crippen LogP contribution is 2.11. The van der Waals surface area contributed by atoms with Crippen LogP contribution in [0.2, 0.25) is 0 Å². The summed E-state index contributed by atoms with van der Waals surface area (Å²) in [6, 6.07) is 11.4. The number of nitrogens with zero attached hydrogens (tertiary/aromatic N) is 2. The van der Waals surface area contributed by atoms with Crippen LogP contribution in [0.15, 0.2) is 53.6 Å². The van der Waals surface area contributed by atoms with Crippen LogP contribution in [0.25, 0.3) is 10.9 Å². The third-order valence-electron chi connectivity index (χ3n) is 3.42. The van der Waals surface area contributed by atoms with E-state index in [1.54, 1.807) is 12.3 Å². The molecule has 0 amide bonds. The van der Waals surface area contributed by atoms with Crippen molar-refractivity contribution in [1.82, 2.24) is 20.3 Å². The highest BCUT2D eigenvalue weighted by Gasteiger charge is 2.07. The highest BCUT2D eigenvalue weighted by molar-refractivity contribution is 5.77. The van der Waals surface area contributed by atoms with E-state index >= 15 is 0 Å². The van der Waals surface area contributed by atoms with E-state index in [9.17, 15) is 4.79 Å². The lowest BCUT2D eigenvalue weighted by Gasteiger charge is -2.13. The first kappa shape index (κ1) is 13.5. The van der Waals surface area contributed by atoms with Crippen molar-refractivity contribution in [2.75, 3.05) is 0 Å². The number of rotatable bonds is 4.